The highest BCUT2D eigenvalue weighted by Gasteiger charge is 2.33. The first-order valence-electron chi connectivity index (χ1n) is 11.4. The number of fused-ring (bicyclic) bond motifs is 5. The van der Waals surface area contributed by atoms with Gasteiger partial charge in [-0.2, -0.15) is 4.57 Å². The van der Waals surface area contributed by atoms with Crippen molar-refractivity contribution in [3.05, 3.63) is 40.0 Å². The van der Waals surface area contributed by atoms with Crippen molar-refractivity contribution in [2.45, 2.75) is 52.0 Å². The van der Waals surface area contributed by atoms with E-state index < -0.39 is 0 Å². The maximum atomic E-state index is 5.90. The lowest BCUT2D eigenvalue weighted by molar-refractivity contribution is -0.693. The number of rotatable bonds is 7. The van der Waals surface area contributed by atoms with E-state index in [2.05, 4.69) is 45.6 Å². The van der Waals surface area contributed by atoms with Gasteiger partial charge in [-0.05, 0) is 30.2 Å². The monoisotopic (exact) mass is 533 g/mol. The molecule has 0 spiro atoms. The number of aryl methyl sites for hydroxylation is 2. The van der Waals surface area contributed by atoms with E-state index in [1.165, 1.54) is 41.8 Å². The third-order valence-electron chi connectivity index (χ3n) is 6.59. The van der Waals surface area contributed by atoms with E-state index in [9.17, 15) is 0 Å². The number of aromatic nitrogens is 1. The number of hydrogen-bond donors (Lipinski definition) is 0. The summed E-state index contributed by atoms with van der Waals surface area (Å²) < 4.78 is 26.4. The molecule has 0 fully saturated rings. The molecule has 0 saturated carbocycles. The fraction of sp³-hybridized carbons (Fsp3) is 0.423. The minimum Gasteiger partial charge on any atom is -1.00 e. The maximum absolute atomic E-state index is 5.90. The fourth-order valence-corrected chi connectivity index (χ4v) is 5.54. The van der Waals surface area contributed by atoms with Crippen LogP contribution >= 0.6 is 15.9 Å². The van der Waals surface area contributed by atoms with Gasteiger partial charge in [-0.25, -0.2) is 0 Å². The molecule has 0 N–H and O–H groups in total. The van der Waals surface area contributed by atoms with E-state index in [0.717, 1.165) is 64.1 Å². The molecule has 2 aromatic carbocycles. The quantitative estimate of drug-likeness (QED) is 0.345. The van der Waals surface area contributed by atoms with Gasteiger partial charge in [0.05, 0.1) is 25.2 Å². The van der Waals surface area contributed by atoms with Crippen LogP contribution in [0, 0.1) is 0 Å². The van der Waals surface area contributed by atoms with Crippen molar-refractivity contribution in [2.24, 2.45) is 0 Å². The Bertz CT molecular complexity index is 1200. The molecule has 0 atom stereocenters. The Hall–Kier alpha value is -2.18. The van der Waals surface area contributed by atoms with E-state index in [1.807, 2.05) is 6.07 Å². The highest BCUT2D eigenvalue weighted by Crippen LogP contribution is 2.45. The summed E-state index contributed by atoms with van der Waals surface area (Å²) in [6, 6.07) is 8.57. The highest BCUT2D eigenvalue weighted by atomic mass is 79.9. The number of methoxy groups -OCH3 is 2. The Labute approximate surface area is 209 Å². The van der Waals surface area contributed by atoms with Crippen LogP contribution in [0.25, 0.3) is 22.0 Å². The van der Waals surface area contributed by atoms with Crippen molar-refractivity contribution >= 4 is 26.7 Å². The predicted octanol–water partition coefficient (Wildman–Crippen LogP) is 2.99. The van der Waals surface area contributed by atoms with Crippen LogP contribution in [-0.4, -0.2) is 21.0 Å². The molecule has 0 unspecified atom stereocenters. The third-order valence-corrected chi connectivity index (χ3v) is 7.25. The molecule has 0 saturated heterocycles. The second-order valence-electron chi connectivity index (χ2n) is 8.43. The van der Waals surface area contributed by atoms with Gasteiger partial charge in [0.2, 0.25) is 12.5 Å². The van der Waals surface area contributed by atoms with Crippen LogP contribution in [0.2, 0.25) is 0 Å². The Morgan fingerprint density at radius 2 is 1.79 bits per heavy atom. The zero-order valence-corrected chi connectivity index (χ0v) is 21.6. The molecule has 2 aliphatic heterocycles. The lowest BCUT2D eigenvalue weighted by Gasteiger charge is -2.21. The topological polar surface area (TPSA) is 40.8 Å². The Kier molecular flexibility index (Phi) is 7.25. The van der Waals surface area contributed by atoms with Gasteiger partial charge >= 0.3 is 0 Å². The molecule has 0 aliphatic carbocycles. The normalized spacial score (nSPS) is 13.3. The number of halogens is 2. The summed E-state index contributed by atoms with van der Waals surface area (Å²) in [5, 5.41) is 2.29. The van der Waals surface area contributed by atoms with Crippen LogP contribution < -0.4 is 35.9 Å². The number of pyridine rings is 1. The number of unbranched alkanes of at least 4 members (excludes halogenated alkanes) is 3. The summed E-state index contributed by atoms with van der Waals surface area (Å²) >= 11 is 3.81. The summed E-state index contributed by atoms with van der Waals surface area (Å²) in [6.45, 7) is 3.47. The van der Waals surface area contributed by atoms with Crippen LogP contribution in [0.5, 0.6) is 23.0 Å². The Morgan fingerprint density at radius 1 is 1.00 bits per heavy atom. The molecule has 7 heteroatoms. The van der Waals surface area contributed by atoms with Gasteiger partial charge in [0.15, 0.2) is 35.2 Å². The van der Waals surface area contributed by atoms with E-state index >= 15 is 0 Å². The van der Waals surface area contributed by atoms with Crippen molar-refractivity contribution in [1.82, 2.24) is 0 Å². The Balaban J connectivity index is 0.00000259. The van der Waals surface area contributed by atoms with Crippen molar-refractivity contribution in [3.63, 3.8) is 0 Å². The Morgan fingerprint density at radius 3 is 2.52 bits per heavy atom. The molecule has 3 aromatic rings. The molecule has 5 rings (SSSR count). The summed E-state index contributed by atoms with van der Waals surface area (Å²) in [7, 11) is 3.42. The van der Waals surface area contributed by atoms with Gasteiger partial charge in [0.1, 0.15) is 0 Å². The maximum Gasteiger partial charge on any atom is 0.231 e. The van der Waals surface area contributed by atoms with Gasteiger partial charge in [-0.15, -0.1) is 0 Å². The van der Waals surface area contributed by atoms with E-state index in [4.69, 9.17) is 18.9 Å². The second-order valence-corrected chi connectivity index (χ2v) is 9.29. The molecule has 2 aliphatic rings. The number of ether oxygens (including phenoxy) is 4. The molecular formula is C26H29BrClNO4. The summed E-state index contributed by atoms with van der Waals surface area (Å²) in [5.41, 5.74) is 5.06. The first kappa shape index (κ1) is 24.0. The molecule has 33 heavy (non-hydrogen) atoms. The molecule has 5 nitrogen and oxygen atoms in total. The van der Waals surface area contributed by atoms with Gasteiger partial charge in [0, 0.05) is 28.8 Å². The minimum absolute atomic E-state index is 0. The van der Waals surface area contributed by atoms with Crippen LogP contribution in [0.3, 0.4) is 0 Å². The average Bonchev–Trinajstić information content (AvgIpc) is 3.27. The summed E-state index contributed by atoms with van der Waals surface area (Å²) in [5.74, 6) is 3.24. The van der Waals surface area contributed by atoms with Gasteiger partial charge < -0.3 is 31.4 Å². The second kappa shape index (κ2) is 9.98. The van der Waals surface area contributed by atoms with Gasteiger partial charge in [0.25, 0.3) is 0 Å². The predicted molar refractivity (Wildman–Crippen MR) is 128 cm³/mol. The largest absolute Gasteiger partial charge is 1.00 e. The minimum atomic E-state index is 0. The van der Waals surface area contributed by atoms with Crippen LogP contribution in [0.4, 0.5) is 0 Å². The standard InChI is InChI=1S/C26H29BrNO4.ClH/c1-4-5-6-7-8-20-25-18(19(27)14-24(29-2)26(25)30-3)12-21-17-13-23-22(31-15-32-23)11-16(17)9-10-28(20)21;/h11-14H,4-10,15H2,1-3H3;1H/q+1;/p-1. The molecule has 176 valence electrons. The van der Waals surface area contributed by atoms with Crippen molar-refractivity contribution in [3.8, 4) is 34.3 Å². The average molecular weight is 535 g/mol. The van der Waals surface area contributed by atoms with Crippen LogP contribution in [0.15, 0.2) is 28.7 Å². The first-order valence-corrected chi connectivity index (χ1v) is 12.2. The van der Waals surface area contributed by atoms with Crippen molar-refractivity contribution in [2.75, 3.05) is 21.0 Å². The molecular weight excluding hydrogens is 506 g/mol. The summed E-state index contributed by atoms with van der Waals surface area (Å²) in [6.07, 6.45) is 6.83. The van der Waals surface area contributed by atoms with E-state index in [-0.39, 0.29) is 12.4 Å². The number of hydrogen-bond acceptors (Lipinski definition) is 4. The van der Waals surface area contributed by atoms with Crippen LogP contribution in [0.1, 0.15) is 43.9 Å². The molecule has 3 heterocycles. The zero-order valence-electron chi connectivity index (χ0n) is 19.3. The first-order chi connectivity index (χ1) is 15.7. The smallest absolute Gasteiger partial charge is 0.231 e. The lowest BCUT2D eigenvalue weighted by Crippen LogP contribution is -3.00. The number of nitrogens with zero attached hydrogens (tertiary/aromatic N) is 1. The molecule has 0 bridgehead atoms. The van der Waals surface area contributed by atoms with E-state index in [1.54, 1.807) is 14.2 Å². The zero-order chi connectivity index (χ0) is 22.2. The SMILES string of the molecule is CCCCCCc1c2c(OC)c(OC)cc(Br)c2cc2[n+]1CCc1cc3c(cc1-2)OCO3.[Cl-]. The van der Waals surface area contributed by atoms with E-state index in [0.29, 0.717) is 6.79 Å². The van der Waals surface area contributed by atoms with Crippen LogP contribution in [-0.2, 0) is 19.4 Å². The van der Waals surface area contributed by atoms with Gasteiger partial charge in [-0.3, -0.25) is 0 Å². The summed E-state index contributed by atoms with van der Waals surface area (Å²) in [4.78, 5) is 0. The molecule has 1 aromatic heterocycles. The number of benzene rings is 2. The lowest BCUT2D eigenvalue weighted by atomic mass is 9.92. The highest BCUT2D eigenvalue weighted by molar-refractivity contribution is 9.10. The van der Waals surface area contributed by atoms with Gasteiger partial charge in [-0.1, -0.05) is 42.1 Å². The van der Waals surface area contributed by atoms with Crippen molar-refractivity contribution in [1.29, 1.82) is 0 Å². The third kappa shape index (κ3) is 4.12. The molecule has 0 amide bonds. The van der Waals surface area contributed by atoms with Crippen molar-refractivity contribution < 1.29 is 35.9 Å². The molecule has 0 radical (unpaired) electrons. The fourth-order valence-electron chi connectivity index (χ4n) is 5.02.